The van der Waals surface area contributed by atoms with Crippen LogP contribution in [0.25, 0.3) is 0 Å². The summed E-state index contributed by atoms with van der Waals surface area (Å²) in [6.07, 6.45) is 24.7. The van der Waals surface area contributed by atoms with E-state index in [2.05, 4.69) is 70.8 Å². The number of allylic oxidation sites excluding steroid dienone is 2. The average molecular weight is 393 g/mol. The molecule has 1 nitrogen and oxygen atoms in total. The van der Waals surface area contributed by atoms with E-state index in [-0.39, 0.29) is 0 Å². The smallest absolute Gasteiger partial charge is 0.191 e. The Morgan fingerprint density at radius 2 is 1.37 bits per heavy atom. The highest BCUT2D eigenvalue weighted by atomic mass is 28.4. The molecule has 0 rings (SSSR count). The maximum Gasteiger partial charge on any atom is 0.191 e. The van der Waals surface area contributed by atoms with Crippen molar-refractivity contribution in [3.05, 3.63) is 30.0 Å². The topological polar surface area (TPSA) is 9.23 Å². The summed E-state index contributed by atoms with van der Waals surface area (Å²) >= 11 is 0. The summed E-state index contributed by atoms with van der Waals surface area (Å²) in [6.45, 7) is 14.6. The van der Waals surface area contributed by atoms with Crippen molar-refractivity contribution < 1.29 is 4.43 Å². The van der Waals surface area contributed by atoms with Crippen molar-refractivity contribution in [3.8, 4) is 0 Å². The highest BCUT2D eigenvalue weighted by molar-refractivity contribution is 6.74. The van der Waals surface area contributed by atoms with Gasteiger partial charge >= 0.3 is 0 Å². The maximum absolute atomic E-state index is 6.16. The van der Waals surface area contributed by atoms with Crippen molar-refractivity contribution in [2.75, 3.05) is 6.61 Å². The molecule has 0 amide bonds. The van der Waals surface area contributed by atoms with Crippen molar-refractivity contribution in [3.63, 3.8) is 0 Å². The third-order valence-electron chi connectivity index (χ3n) is 5.66. The quantitative estimate of drug-likeness (QED) is 0.110. The molecule has 0 saturated carbocycles. The fraction of sp³-hybridized carbons (Fsp3) is 0.800. The third-order valence-corrected chi connectivity index (χ3v) is 10.2. The normalized spacial score (nSPS) is 12.4. The third kappa shape index (κ3) is 16.1. The summed E-state index contributed by atoms with van der Waals surface area (Å²) in [6, 6.07) is 0. The first-order chi connectivity index (χ1) is 12.8. The summed E-state index contributed by atoms with van der Waals surface area (Å²) in [7, 11) is -1.58. The fourth-order valence-electron chi connectivity index (χ4n) is 2.68. The van der Waals surface area contributed by atoms with E-state index in [0.29, 0.717) is 5.04 Å². The molecule has 0 bridgehead atoms. The largest absolute Gasteiger partial charge is 0.416 e. The Hall–Kier alpha value is -0.563. The summed E-state index contributed by atoms with van der Waals surface area (Å²) in [5.41, 5.74) is 3.28. The van der Waals surface area contributed by atoms with Gasteiger partial charge in [0.25, 0.3) is 0 Å². The summed E-state index contributed by atoms with van der Waals surface area (Å²) in [5.74, 6) is 0. The Balaban J connectivity index is 3.53. The van der Waals surface area contributed by atoms with Gasteiger partial charge in [-0.2, -0.15) is 0 Å². The molecule has 0 heterocycles. The SMILES string of the molecule is CCCCCCCCCCCC=CCC=C=CCCO[Si](C)(C)C(C)(C)C. The first-order valence-electron chi connectivity index (χ1n) is 11.5. The van der Waals surface area contributed by atoms with E-state index in [1.165, 1.54) is 64.2 Å². The van der Waals surface area contributed by atoms with E-state index >= 15 is 0 Å². The Morgan fingerprint density at radius 3 is 1.96 bits per heavy atom. The van der Waals surface area contributed by atoms with Crippen LogP contribution in [0.1, 0.15) is 105 Å². The van der Waals surface area contributed by atoms with Crippen molar-refractivity contribution in [2.45, 2.75) is 123 Å². The van der Waals surface area contributed by atoms with Crippen LogP contribution in [0.5, 0.6) is 0 Å². The average Bonchev–Trinajstić information content (AvgIpc) is 2.59. The molecule has 0 aromatic heterocycles. The summed E-state index contributed by atoms with van der Waals surface area (Å²) in [4.78, 5) is 0. The van der Waals surface area contributed by atoms with Crippen LogP contribution in [-0.2, 0) is 4.43 Å². The van der Waals surface area contributed by atoms with Crippen LogP contribution in [0, 0.1) is 0 Å². The van der Waals surface area contributed by atoms with E-state index in [1.54, 1.807) is 0 Å². The van der Waals surface area contributed by atoms with Crippen LogP contribution in [0.15, 0.2) is 30.0 Å². The first-order valence-corrected chi connectivity index (χ1v) is 14.4. The Morgan fingerprint density at radius 1 is 0.778 bits per heavy atom. The molecular weight excluding hydrogens is 344 g/mol. The van der Waals surface area contributed by atoms with Crippen molar-refractivity contribution in [2.24, 2.45) is 0 Å². The van der Waals surface area contributed by atoms with Gasteiger partial charge in [-0.3, -0.25) is 0 Å². The van der Waals surface area contributed by atoms with Crippen LogP contribution in [0.2, 0.25) is 18.1 Å². The van der Waals surface area contributed by atoms with E-state index < -0.39 is 8.32 Å². The van der Waals surface area contributed by atoms with Gasteiger partial charge in [0.2, 0.25) is 0 Å². The van der Waals surface area contributed by atoms with Crippen molar-refractivity contribution in [1.29, 1.82) is 0 Å². The van der Waals surface area contributed by atoms with Gasteiger partial charge in [0.05, 0.1) is 0 Å². The van der Waals surface area contributed by atoms with Crippen LogP contribution in [0.3, 0.4) is 0 Å². The van der Waals surface area contributed by atoms with Crippen LogP contribution < -0.4 is 0 Å². The standard InChI is InChI=1S/C25H48OSi/c1-7-8-9-10-11-12-13-14-15-16-17-18-19-20-21-22-23-24-26-27(5,6)25(2,3)4/h17-18,20,22H,7-16,19,23-24H2,1-6H3. The second-order valence-corrected chi connectivity index (χ2v) is 14.1. The number of hydrogen-bond acceptors (Lipinski definition) is 1. The molecule has 0 radical (unpaired) electrons. The van der Waals surface area contributed by atoms with E-state index in [9.17, 15) is 0 Å². The fourth-order valence-corrected chi connectivity index (χ4v) is 3.74. The molecule has 0 aromatic rings. The van der Waals surface area contributed by atoms with Crippen LogP contribution in [0.4, 0.5) is 0 Å². The highest BCUT2D eigenvalue weighted by Gasteiger charge is 2.36. The van der Waals surface area contributed by atoms with Gasteiger partial charge in [-0.15, -0.1) is 5.73 Å². The molecule has 0 atom stereocenters. The zero-order chi connectivity index (χ0) is 20.4. The molecule has 2 heteroatoms. The maximum atomic E-state index is 6.16. The van der Waals surface area contributed by atoms with Gasteiger partial charge in [0, 0.05) is 6.61 Å². The van der Waals surface area contributed by atoms with Crippen molar-refractivity contribution >= 4 is 8.32 Å². The number of rotatable bonds is 16. The predicted molar refractivity (Wildman–Crippen MR) is 126 cm³/mol. The molecule has 158 valence electrons. The molecule has 0 aliphatic heterocycles. The van der Waals surface area contributed by atoms with Gasteiger partial charge in [0.15, 0.2) is 8.32 Å². The number of hydrogen-bond donors (Lipinski definition) is 0. The molecule has 0 aliphatic rings. The molecule has 0 N–H and O–H groups in total. The van der Waals surface area contributed by atoms with Gasteiger partial charge < -0.3 is 4.43 Å². The first kappa shape index (κ1) is 26.4. The Labute approximate surface area is 172 Å². The second-order valence-electron chi connectivity index (χ2n) is 9.30. The van der Waals surface area contributed by atoms with E-state index in [0.717, 1.165) is 19.4 Å². The van der Waals surface area contributed by atoms with Crippen molar-refractivity contribution in [1.82, 2.24) is 0 Å². The molecular formula is C25H48OSi. The van der Waals surface area contributed by atoms with E-state index in [4.69, 9.17) is 4.43 Å². The minimum absolute atomic E-state index is 0.298. The molecule has 0 aromatic carbocycles. The monoisotopic (exact) mass is 392 g/mol. The van der Waals surface area contributed by atoms with Gasteiger partial charge in [-0.1, -0.05) is 91.2 Å². The Kier molecular flexibility index (Phi) is 16.1. The predicted octanol–water partition coefficient (Wildman–Crippen LogP) is 8.98. The Bertz CT molecular complexity index is 422. The van der Waals surface area contributed by atoms with Crippen LogP contribution >= 0.6 is 0 Å². The lowest BCUT2D eigenvalue weighted by Gasteiger charge is -2.36. The van der Waals surface area contributed by atoms with E-state index in [1.807, 2.05) is 0 Å². The summed E-state index contributed by atoms with van der Waals surface area (Å²) in [5, 5.41) is 0.298. The zero-order valence-corrected chi connectivity index (χ0v) is 20.4. The van der Waals surface area contributed by atoms with Gasteiger partial charge in [-0.25, -0.2) is 0 Å². The van der Waals surface area contributed by atoms with Gasteiger partial charge in [-0.05, 0) is 56.0 Å². The molecule has 0 saturated heterocycles. The molecule has 27 heavy (non-hydrogen) atoms. The van der Waals surface area contributed by atoms with Gasteiger partial charge in [0.1, 0.15) is 0 Å². The minimum atomic E-state index is -1.58. The van der Waals surface area contributed by atoms with Crippen LogP contribution in [-0.4, -0.2) is 14.9 Å². The summed E-state index contributed by atoms with van der Waals surface area (Å²) < 4.78 is 6.16. The molecule has 0 spiro atoms. The number of unbranched alkanes of at least 4 members (excludes halogenated alkanes) is 9. The lowest BCUT2D eigenvalue weighted by Crippen LogP contribution is -2.40. The lowest BCUT2D eigenvalue weighted by atomic mass is 10.1. The lowest BCUT2D eigenvalue weighted by molar-refractivity contribution is 0.294. The molecule has 0 aliphatic carbocycles. The molecule has 0 unspecified atom stereocenters. The molecule has 0 fully saturated rings. The highest BCUT2D eigenvalue weighted by Crippen LogP contribution is 2.36. The minimum Gasteiger partial charge on any atom is -0.416 e. The second kappa shape index (κ2) is 16.4. The zero-order valence-electron chi connectivity index (χ0n) is 19.4.